The van der Waals surface area contributed by atoms with Crippen molar-refractivity contribution in [2.45, 2.75) is 17.1 Å². The molecule has 0 fully saturated rings. The monoisotopic (exact) mass is 625 g/mol. The third kappa shape index (κ3) is 7.95. The van der Waals surface area contributed by atoms with Crippen LogP contribution in [0.25, 0.3) is 6.08 Å². The molecule has 1 atom stereocenters. The minimum absolute atomic E-state index is 0.00171. The molecule has 1 heterocycles. The average molecular weight is 626 g/mol. The highest BCUT2D eigenvalue weighted by Crippen LogP contribution is 2.35. The van der Waals surface area contributed by atoms with Gasteiger partial charge < -0.3 is 34.9 Å². The first-order valence-electron chi connectivity index (χ1n) is 13.9. The van der Waals surface area contributed by atoms with Gasteiger partial charge in [-0.1, -0.05) is 24.3 Å². The van der Waals surface area contributed by atoms with E-state index in [1.807, 2.05) is 6.07 Å². The quantitative estimate of drug-likeness (QED) is 0.138. The summed E-state index contributed by atoms with van der Waals surface area (Å²) >= 11 is 1.33. The number of benzene rings is 4. The molecule has 0 radical (unpaired) electrons. The number of ether oxygens (including phenoxy) is 4. The minimum Gasteiger partial charge on any atom is -0.497 e. The van der Waals surface area contributed by atoms with Crippen molar-refractivity contribution in [2.24, 2.45) is 0 Å². The second kappa shape index (κ2) is 14.4. The van der Waals surface area contributed by atoms with Gasteiger partial charge in [0.15, 0.2) is 11.5 Å². The highest BCUT2D eigenvalue weighted by Gasteiger charge is 2.20. The molecule has 0 spiro atoms. The van der Waals surface area contributed by atoms with Gasteiger partial charge in [0.2, 0.25) is 12.7 Å². The number of thioether (sulfide) groups is 1. The second-order valence-electron chi connectivity index (χ2n) is 9.79. The standard InChI is InChI=1S/C34H31N3O7S/c1-21(32(38)35-25-13-15-29-31(18-25)44-20-43-29)45-27-11-7-10-24(17-27)36-34(40)28(37-33(39)22-8-5-4-6-9-22)16-23-12-14-26(41-2)19-30(23)42-3/h4-19,21H,20H2,1-3H3,(H,35,38)(H,36,40)(H,37,39)/b28-16+. The summed E-state index contributed by atoms with van der Waals surface area (Å²) in [5, 5.41) is 8.03. The van der Waals surface area contributed by atoms with Crippen LogP contribution in [-0.4, -0.2) is 44.0 Å². The van der Waals surface area contributed by atoms with E-state index in [4.69, 9.17) is 18.9 Å². The fourth-order valence-electron chi connectivity index (χ4n) is 4.36. The summed E-state index contributed by atoms with van der Waals surface area (Å²) in [6.45, 7) is 1.94. The number of hydrogen-bond donors (Lipinski definition) is 3. The number of methoxy groups -OCH3 is 2. The SMILES string of the molecule is COc1ccc(/C=C(/NC(=O)c2ccccc2)C(=O)Nc2cccc(SC(C)C(=O)Nc3ccc4c(c3)OCO4)c2)c(OC)c1. The van der Waals surface area contributed by atoms with E-state index in [9.17, 15) is 14.4 Å². The van der Waals surface area contributed by atoms with E-state index in [1.54, 1.807) is 99.0 Å². The van der Waals surface area contributed by atoms with Crippen LogP contribution in [-0.2, 0) is 9.59 Å². The first kappa shape index (κ1) is 31.0. The van der Waals surface area contributed by atoms with Crippen molar-refractivity contribution >= 4 is 46.9 Å². The number of amides is 3. The van der Waals surface area contributed by atoms with Gasteiger partial charge in [-0.3, -0.25) is 14.4 Å². The molecule has 1 unspecified atom stereocenters. The molecule has 4 aromatic rings. The molecular weight excluding hydrogens is 594 g/mol. The number of carbonyl (C=O) groups is 3. The molecule has 10 nitrogen and oxygen atoms in total. The maximum atomic E-state index is 13.6. The van der Waals surface area contributed by atoms with Gasteiger partial charge in [0.25, 0.3) is 11.8 Å². The van der Waals surface area contributed by atoms with Crippen molar-refractivity contribution in [3.8, 4) is 23.0 Å². The molecule has 3 N–H and O–H groups in total. The van der Waals surface area contributed by atoms with Gasteiger partial charge in [-0.2, -0.15) is 0 Å². The van der Waals surface area contributed by atoms with Crippen LogP contribution in [0.2, 0.25) is 0 Å². The van der Waals surface area contributed by atoms with E-state index in [-0.39, 0.29) is 18.4 Å². The molecule has 5 rings (SSSR count). The predicted molar refractivity (Wildman–Crippen MR) is 173 cm³/mol. The second-order valence-corrected chi connectivity index (χ2v) is 11.2. The van der Waals surface area contributed by atoms with E-state index < -0.39 is 17.1 Å². The zero-order chi connectivity index (χ0) is 31.8. The summed E-state index contributed by atoms with van der Waals surface area (Å²) in [7, 11) is 3.05. The van der Waals surface area contributed by atoms with Crippen molar-refractivity contribution in [3.63, 3.8) is 0 Å². The van der Waals surface area contributed by atoms with Crippen molar-refractivity contribution in [2.75, 3.05) is 31.6 Å². The van der Waals surface area contributed by atoms with Gasteiger partial charge in [0.05, 0.1) is 19.5 Å². The molecule has 1 aliphatic heterocycles. The zero-order valence-corrected chi connectivity index (χ0v) is 25.6. The van der Waals surface area contributed by atoms with Crippen LogP contribution in [0.3, 0.4) is 0 Å². The fraction of sp³-hybridized carbons (Fsp3) is 0.147. The summed E-state index contributed by atoms with van der Waals surface area (Å²) in [5.41, 5.74) is 2.03. The van der Waals surface area contributed by atoms with Gasteiger partial charge >= 0.3 is 0 Å². The van der Waals surface area contributed by atoms with Crippen LogP contribution in [0.15, 0.2) is 102 Å². The summed E-state index contributed by atoms with van der Waals surface area (Å²) in [6.07, 6.45) is 1.54. The van der Waals surface area contributed by atoms with E-state index in [2.05, 4.69) is 16.0 Å². The number of fused-ring (bicyclic) bond motifs is 1. The van der Waals surface area contributed by atoms with Crippen LogP contribution in [0, 0.1) is 0 Å². The lowest BCUT2D eigenvalue weighted by Crippen LogP contribution is -2.30. The Hall–Kier alpha value is -5.42. The smallest absolute Gasteiger partial charge is 0.272 e. The van der Waals surface area contributed by atoms with Gasteiger partial charge in [0.1, 0.15) is 17.2 Å². The molecule has 45 heavy (non-hydrogen) atoms. The molecule has 0 aromatic heterocycles. The summed E-state index contributed by atoms with van der Waals surface area (Å²) in [6, 6.07) is 26.1. The van der Waals surface area contributed by atoms with Gasteiger partial charge in [0, 0.05) is 39.5 Å². The first-order valence-corrected chi connectivity index (χ1v) is 14.8. The first-order chi connectivity index (χ1) is 21.8. The summed E-state index contributed by atoms with van der Waals surface area (Å²) in [4.78, 5) is 40.3. The van der Waals surface area contributed by atoms with Gasteiger partial charge in [-0.05, 0) is 67.6 Å². The van der Waals surface area contributed by atoms with Gasteiger partial charge in [-0.25, -0.2) is 0 Å². The van der Waals surface area contributed by atoms with E-state index in [0.29, 0.717) is 45.5 Å². The van der Waals surface area contributed by atoms with Crippen molar-refractivity contribution in [1.82, 2.24) is 5.32 Å². The molecular formula is C34H31N3O7S. The third-order valence-electron chi connectivity index (χ3n) is 6.68. The van der Waals surface area contributed by atoms with Crippen LogP contribution in [0.4, 0.5) is 11.4 Å². The molecule has 3 amide bonds. The third-order valence-corrected chi connectivity index (χ3v) is 7.78. The molecule has 1 aliphatic rings. The molecule has 11 heteroatoms. The van der Waals surface area contributed by atoms with E-state index in [0.717, 1.165) is 4.90 Å². The molecule has 0 saturated carbocycles. The van der Waals surface area contributed by atoms with Crippen LogP contribution in [0.5, 0.6) is 23.0 Å². The summed E-state index contributed by atoms with van der Waals surface area (Å²) < 4.78 is 21.5. The molecule has 0 aliphatic carbocycles. The van der Waals surface area contributed by atoms with E-state index >= 15 is 0 Å². The molecule has 4 aromatic carbocycles. The Labute approximate surface area is 264 Å². The minimum atomic E-state index is -0.548. The van der Waals surface area contributed by atoms with Crippen molar-refractivity contribution < 1.29 is 33.3 Å². The lowest BCUT2D eigenvalue weighted by atomic mass is 10.1. The Kier molecular flexibility index (Phi) is 9.90. The van der Waals surface area contributed by atoms with Crippen LogP contribution in [0.1, 0.15) is 22.8 Å². The fourth-order valence-corrected chi connectivity index (χ4v) is 5.28. The number of rotatable bonds is 11. The topological polar surface area (TPSA) is 124 Å². The number of carbonyl (C=O) groups excluding carboxylic acids is 3. The predicted octanol–water partition coefficient (Wildman–Crippen LogP) is 5.96. The Morgan fingerprint density at radius 1 is 0.822 bits per heavy atom. The Morgan fingerprint density at radius 2 is 1.60 bits per heavy atom. The molecule has 0 bridgehead atoms. The lowest BCUT2D eigenvalue weighted by Gasteiger charge is -2.15. The average Bonchev–Trinajstić information content (AvgIpc) is 3.53. The lowest BCUT2D eigenvalue weighted by molar-refractivity contribution is -0.115. The van der Waals surface area contributed by atoms with Gasteiger partial charge in [-0.15, -0.1) is 11.8 Å². The van der Waals surface area contributed by atoms with Crippen molar-refractivity contribution in [3.05, 3.63) is 108 Å². The highest BCUT2D eigenvalue weighted by molar-refractivity contribution is 8.00. The Bertz CT molecular complexity index is 1740. The van der Waals surface area contributed by atoms with Crippen molar-refractivity contribution in [1.29, 1.82) is 0 Å². The molecule has 230 valence electrons. The van der Waals surface area contributed by atoms with E-state index in [1.165, 1.54) is 24.9 Å². The number of nitrogens with one attached hydrogen (secondary N) is 3. The van der Waals surface area contributed by atoms with Crippen LogP contribution >= 0.6 is 11.8 Å². The van der Waals surface area contributed by atoms with Crippen LogP contribution < -0.4 is 34.9 Å². The largest absolute Gasteiger partial charge is 0.497 e. The molecule has 0 saturated heterocycles. The zero-order valence-electron chi connectivity index (χ0n) is 24.8. The number of anilines is 2. The maximum absolute atomic E-state index is 13.6. The number of hydrogen-bond acceptors (Lipinski definition) is 8. The Balaban J connectivity index is 1.31. The summed E-state index contributed by atoms with van der Waals surface area (Å²) in [5.74, 6) is 1.06. The maximum Gasteiger partial charge on any atom is 0.272 e. The highest BCUT2D eigenvalue weighted by atomic mass is 32.2. The Morgan fingerprint density at radius 3 is 2.38 bits per heavy atom. The normalized spacial score (nSPS) is 12.6.